The lowest BCUT2D eigenvalue weighted by molar-refractivity contribution is -0.193. The summed E-state index contributed by atoms with van der Waals surface area (Å²) in [6.45, 7) is 7.09. The van der Waals surface area contributed by atoms with Gasteiger partial charge in [0.05, 0.1) is 12.9 Å². The predicted octanol–water partition coefficient (Wildman–Crippen LogP) is 1.35. The van der Waals surface area contributed by atoms with Crippen LogP contribution in [0.1, 0.15) is 0 Å². The van der Waals surface area contributed by atoms with Crippen LogP contribution in [0.15, 0.2) is 25.5 Å². The number of carbonyl (C=O) groups excluding carboxylic acids is 2. The Morgan fingerprint density at radius 2 is 1.94 bits per heavy atom. The maximum Gasteiger partial charge on any atom is 0.491 e. The molecule has 0 aliphatic carbocycles. The zero-order valence-corrected chi connectivity index (χ0v) is 9.24. The van der Waals surface area contributed by atoms with Crippen molar-refractivity contribution in [3.8, 4) is 0 Å². The van der Waals surface area contributed by atoms with Gasteiger partial charge in [0.25, 0.3) is 0 Å². The summed E-state index contributed by atoms with van der Waals surface area (Å²) in [4.78, 5) is 20.0. The zero-order valence-electron chi connectivity index (χ0n) is 9.24. The number of alkyl halides is 3. The fourth-order valence-corrected chi connectivity index (χ4v) is 0.541. The maximum atomic E-state index is 11.1. The summed E-state index contributed by atoms with van der Waals surface area (Å²) < 4.78 is 46.2. The Balaban J connectivity index is 0.000000321. The van der Waals surface area contributed by atoms with Gasteiger partial charge in [0.15, 0.2) is 0 Å². The number of esters is 2. The van der Waals surface area contributed by atoms with Gasteiger partial charge in [0.2, 0.25) is 0 Å². The van der Waals surface area contributed by atoms with Crippen molar-refractivity contribution in [3.63, 3.8) is 0 Å². The smallest absolute Gasteiger partial charge is 0.460 e. The average Bonchev–Trinajstić information content (AvgIpc) is 3.09. The van der Waals surface area contributed by atoms with Crippen LogP contribution in [0.3, 0.4) is 0 Å². The SMILES string of the molecule is C=CC(=O)OCC1CO1.C=COC(=O)C(F)(F)F. The minimum absolute atomic E-state index is 0.147. The fourth-order valence-electron chi connectivity index (χ4n) is 0.541. The molecule has 0 aromatic carbocycles. The Morgan fingerprint density at radius 3 is 2.22 bits per heavy atom. The molecule has 0 saturated carbocycles. The third kappa shape index (κ3) is 8.34. The van der Waals surface area contributed by atoms with Crippen LogP contribution in [0.25, 0.3) is 0 Å². The molecule has 1 rings (SSSR count). The van der Waals surface area contributed by atoms with E-state index in [0.29, 0.717) is 19.5 Å². The van der Waals surface area contributed by atoms with E-state index in [1.54, 1.807) is 0 Å². The van der Waals surface area contributed by atoms with E-state index in [9.17, 15) is 22.8 Å². The number of ether oxygens (including phenoxy) is 3. The Kier molecular flexibility index (Phi) is 6.73. The molecule has 0 aromatic heterocycles. The fraction of sp³-hybridized carbons (Fsp3) is 0.400. The van der Waals surface area contributed by atoms with Crippen molar-refractivity contribution in [2.75, 3.05) is 13.2 Å². The van der Waals surface area contributed by atoms with Gasteiger partial charge in [-0.15, -0.1) is 0 Å². The van der Waals surface area contributed by atoms with Crippen LogP contribution in [0.2, 0.25) is 0 Å². The third-order valence-electron chi connectivity index (χ3n) is 1.40. The standard InChI is InChI=1S/C6H8O3.C4H3F3O2/c1-2-6(7)9-4-5-3-8-5;1-2-9-3(8)4(5,6)7/h2,5H,1,3-4H2;2H,1H2. The molecule has 1 atom stereocenters. The molecule has 18 heavy (non-hydrogen) atoms. The lowest BCUT2D eigenvalue weighted by Gasteiger charge is -2.00. The number of epoxide rings is 1. The average molecular weight is 268 g/mol. The molecule has 0 amide bonds. The summed E-state index contributed by atoms with van der Waals surface area (Å²) in [5.41, 5.74) is 0. The van der Waals surface area contributed by atoms with E-state index < -0.39 is 12.1 Å². The number of hydrogen-bond acceptors (Lipinski definition) is 5. The Labute approximate surface area is 101 Å². The molecule has 1 fully saturated rings. The van der Waals surface area contributed by atoms with E-state index in [1.807, 2.05) is 0 Å². The zero-order chi connectivity index (χ0) is 14.2. The van der Waals surface area contributed by atoms with Gasteiger partial charge in [-0.2, -0.15) is 13.2 Å². The molecule has 1 aliphatic rings. The molecule has 0 spiro atoms. The molecule has 5 nitrogen and oxygen atoms in total. The second kappa shape index (κ2) is 7.49. The molecule has 1 unspecified atom stereocenters. The van der Waals surface area contributed by atoms with Crippen molar-refractivity contribution in [1.29, 1.82) is 0 Å². The van der Waals surface area contributed by atoms with E-state index in [-0.39, 0.29) is 12.1 Å². The van der Waals surface area contributed by atoms with Crippen LogP contribution in [0.4, 0.5) is 13.2 Å². The Morgan fingerprint density at radius 1 is 1.39 bits per heavy atom. The highest BCUT2D eigenvalue weighted by atomic mass is 19.4. The van der Waals surface area contributed by atoms with Crippen LogP contribution < -0.4 is 0 Å². The number of hydrogen-bond donors (Lipinski definition) is 0. The molecule has 1 saturated heterocycles. The molecule has 0 radical (unpaired) electrons. The van der Waals surface area contributed by atoms with Crippen molar-refractivity contribution in [2.24, 2.45) is 0 Å². The van der Waals surface area contributed by atoms with Crippen molar-refractivity contribution < 1.29 is 37.0 Å². The Hall–Kier alpha value is -1.83. The highest BCUT2D eigenvalue weighted by molar-refractivity contribution is 5.81. The molecule has 8 heteroatoms. The summed E-state index contributed by atoms with van der Waals surface area (Å²) in [6.07, 6.45) is -3.21. The normalized spacial score (nSPS) is 16.7. The molecule has 1 aliphatic heterocycles. The quantitative estimate of drug-likeness (QED) is 0.333. The van der Waals surface area contributed by atoms with E-state index in [0.717, 1.165) is 6.08 Å². The van der Waals surface area contributed by atoms with Crippen LogP contribution >= 0.6 is 0 Å². The number of rotatable bonds is 4. The van der Waals surface area contributed by atoms with Gasteiger partial charge >= 0.3 is 18.1 Å². The monoisotopic (exact) mass is 268 g/mol. The predicted molar refractivity (Wildman–Crippen MR) is 53.2 cm³/mol. The second-order valence-corrected chi connectivity index (χ2v) is 2.86. The minimum Gasteiger partial charge on any atom is -0.460 e. The summed E-state index contributed by atoms with van der Waals surface area (Å²) in [5.74, 6) is -2.64. The van der Waals surface area contributed by atoms with Gasteiger partial charge in [-0.05, 0) is 0 Å². The summed E-state index contributed by atoms with van der Waals surface area (Å²) in [5, 5.41) is 0. The first-order chi connectivity index (χ1) is 8.31. The number of carbonyl (C=O) groups is 2. The van der Waals surface area contributed by atoms with Crippen LogP contribution in [0, 0.1) is 0 Å². The van der Waals surface area contributed by atoms with Crippen molar-refractivity contribution in [1.82, 2.24) is 0 Å². The lowest BCUT2D eigenvalue weighted by Crippen LogP contribution is -2.23. The molecular formula is C10H11F3O5. The van der Waals surface area contributed by atoms with Gasteiger partial charge in [0, 0.05) is 6.08 Å². The van der Waals surface area contributed by atoms with Crippen molar-refractivity contribution >= 4 is 11.9 Å². The molecular weight excluding hydrogens is 257 g/mol. The molecule has 0 bridgehead atoms. The maximum absolute atomic E-state index is 11.1. The first kappa shape index (κ1) is 16.2. The topological polar surface area (TPSA) is 65.1 Å². The third-order valence-corrected chi connectivity index (χ3v) is 1.40. The van der Waals surface area contributed by atoms with Gasteiger partial charge in [0.1, 0.15) is 12.7 Å². The van der Waals surface area contributed by atoms with Crippen molar-refractivity contribution in [3.05, 3.63) is 25.5 Å². The van der Waals surface area contributed by atoms with Gasteiger partial charge < -0.3 is 14.2 Å². The first-order valence-corrected chi connectivity index (χ1v) is 4.60. The number of halogens is 3. The largest absolute Gasteiger partial charge is 0.491 e. The summed E-state index contributed by atoms with van der Waals surface area (Å²) >= 11 is 0. The van der Waals surface area contributed by atoms with Crippen LogP contribution in [-0.4, -0.2) is 37.4 Å². The van der Waals surface area contributed by atoms with Gasteiger partial charge in [-0.25, -0.2) is 9.59 Å². The summed E-state index contributed by atoms with van der Waals surface area (Å²) in [7, 11) is 0. The highest BCUT2D eigenvalue weighted by Gasteiger charge is 2.40. The lowest BCUT2D eigenvalue weighted by atomic mass is 10.5. The second-order valence-electron chi connectivity index (χ2n) is 2.86. The van der Waals surface area contributed by atoms with Crippen molar-refractivity contribution in [2.45, 2.75) is 12.3 Å². The first-order valence-electron chi connectivity index (χ1n) is 4.60. The minimum atomic E-state index is -4.92. The molecule has 102 valence electrons. The van der Waals surface area contributed by atoms with E-state index in [1.165, 1.54) is 0 Å². The Bertz CT molecular complexity index is 320. The summed E-state index contributed by atoms with van der Waals surface area (Å²) in [6, 6.07) is 0. The van der Waals surface area contributed by atoms with E-state index >= 15 is 0 Å². The van der Waals surface area contributed by atoms with Gasteiger partial charge in [-0.1, -0.05) is 13.2 Å². The van der Waals surface area contributed by atoms with Gasteiger partial charge in [-0.3, -0.25) is 0 Å². The highest BCUT2D eigenvalue weighted by Crippen LogP contribution is 2.16. The van der Waals surface area contributed by atoms with Crippen LogP contribution in [-0.2, 0) is 23.8 Å². The molecule has 1 heterocycles. The molecule has 0 aromatic rings. The van der Waals surface area contributed by atoms with Crippen LogP contribution in [0.5, 0.6) is 0 Å². The van der Waals surface area contributed by atoms with E-state index in [4.69, 9.17) is 4.74 Å². The molecule has 0 N–H and O–H groups in total. The van der Waals surface area contributed by atoms with E-state index in [2.05, 4.69) is 22.6 Å².